The Hall–Kier alpha value is -1.59. The summed E-state index contributed by atoms with van der Waals surface area (Å²) in [5.74, 6) is 1.63. The van der Waals surface area contributed by atoms with Gasteiger partial charge in [-0.1, -0.05) is 12.1 Å². The molecule has 2 N–H and O–H groups in total. The summed E-state index contributed by atoms with van der Waals surface area (Å²) in [7, 11) is 1.68. The summed E-state index contributed by atoms with van der Waals surface area (Å²) in [5.41, 5.74) is 1.22. The molecule has 31 heavy (non-hydrogen) atoms. The fraction of sp³-hybridized carbons (Fsp3) is 0.636. The number of morpholine rings is 1. The van der Waals surface area contributed by atoms with Crippen LogP contribution >= 0.6 is 24.0 Å². The van der Waals surface area contributed by atoms with Gasteiger partial charge in [0.2, 0.25) is 5.91 Å². The Morgan fingerprint density at radius 3 is 2.42 bits per heavy atom. The van der Waals surface area contributed by atoms with E-state index in [4.69, 9.17) is 9.47 Å². The van der Waals surface area contributed by atoms with E-state index in [0.29, 0.717) is 12.5 Å². The molecule has 0 spiro atoms. The van der Waals surface area contributed by atoms with Crippen LogP contribution in [-0.4, -0.2) is 87.8 Å². The minimum atomic E-state index is 0. The molecule has 2 aliphatic heterocycles. The Bertz CT molecular complexity index is 689. The van der Waals surface area contributed by atoms with Crippen molar-refractivity contribution >= 4 is 35.8 Å². The normalized spacial score (nSPS) is 18.3. The van der Waals surface area contributed by atoms with E-state index in [9.17, 15) is 4.79 Å². The Balaban J connectivity index is 0.00000341. The van der Waals surface area contributed by atoms with Crippen LogP contribution in [0, 0.1) is 0 Å². The van der Waals surface area contributed by atoms with Gasteiger partial charge in [-0.3, -0.25) is 9.69 Å². The van der Waals surface area contributed by atoms with E-state index in [2.05, 4.69) is 32.7 Å². The zero-order chi connectivity index (χ0) is 21.2. The zero-order valence-electron chi connectivity index (χ0n) is 18.6. The van der Waals surface area contributed by atoms with Gasteiger partial charge in [-0.05, 0) is 37.5 Å². The number of amides is 1. The van der Waals surface area contributed by atoms with Gasteiger partial charge in [-0.2, -0.15) is 0 Å². The third-order valence-electron chi connectivity index (χ3n) is 5.63. The van der Waals surface area contributed by atoms with Crippen LogP contribution in [0.25, 0.3) is 0 Å². The lowest BCUT2D eigenvalue weighted by Gasteiger charge is -2.35. The molecule has 1 aromatic rings. The fourth-order valence-corrected chi connectivity index (χ4v) is 3.92. The Morgan fingerprint density at radius 2 is 1.81 bits per heavy atom. The number of nitrogens with one attached hydrogen (secondary N) is 2. The number of hydrogen-bond acceptors (Lipinski definition) is 5. The topological polar surface area (TPSA) is 78.4 Å². The molecule has 9 heteroatoms. The maximum absolute atomic E-state index is 12.4. The van der Waals surface area contributed by atoms with Crippen molar-refractivity contribution in [2.45, 2.75) is 25.8 Å². The van der Waals surface area contributed by atoms with Gasteiger partial charge < -0.3 is 25.0 Å². The number of ether oxygens (including phenoxy) is 2. The number of carbonyl (C=O) groups is 1. The first kappa shape index (κ1) is 25.7. The monoisotopic (exact) mass is 545 g/mol. The van der Waals surface area contributed by atoms with E-state index in [0.717, 1.165) is 64.5 Å². The van der Waals surface area contributed by atoms with Crippen molar-refractivity contribution in [1.82, 2.24) is 20.4 Å². The molecule has 0 aromatic heterocycles. The predicted molar refractivity (Wildman–Crippen MR) is 133 cm³/mol. The van der Waals surface area contributed by atoms with Crippen molar-refractivity contribution in [3.8, 4) is 5.75 Å². The van der Waals surface area contributed by atoms with Gasteiger partial charge in [-0.25, -0.2) is 4.99 Å². The summed E-state index contributed by atoms with van der Waals surface area (Å²) in [4.78, 5) is 21.2. The average Bonchev–Trinajstić information content (AvgIpc) is 3.33. The summed E-state index contributed by atoms with van der Waals surface area (Å²) in [6.45, 7) is 8.62. The number of hydrogen-bond donors (Lipinski definition) is 2. The number of carbonyl (C=O) groups excluding carboxylic acids is 1. The van der Waals surface area contributed by atoms with E-state index in [1.807, 2.05) is 24.0 Å². The van der Waals surface area contributed by atoms with Gasteiger partial charge in [0.05, 0.1) is 26.4 Å². The van der Waals surface area contributed by atoms with Crippen LogP contribution in [0.3, 0.4) is 0 Å². The number of benzene rings is 1. The predicted octanol–water partition coefficient (Wildman–Crippen LogP) is 1.86. The number of rotatable bonds is 8. The SMILES string of the molecule is CCNC(=NCC(=O)N1CCCC1)NCC(c1ccc(OC)cc1)N1CCOCC1.I. The molecule has 0 aliphatic carbocycles. The van der Waals surface area contributed by atoms with Crippen LogP contribution in [0.1, 0.15) is 31.4 Å². The molecule has 1 aromatic carbocycles. The maximum atomic E-state index is 12.4. The molecule has 2 heterocycles. The largest absolute Gasteiger partial charge is 0.497 e. The summed E-state index contributed by atoms with van der Waals surface area (Å²) in [5, 5.41) is 6.71. The molecule has 3 rings (SSSR count). The molecule has 2 fully saturated rings. The highest BCUT2D eigenvalue weighted by Gasteiger charge is 2.23. The molecule has 2 saturated heterocycles. The second kappa shape index (κ2) is 13.7. The molecule has 1 atom stereocenters. The molecule has 174 valence electrons. The summed E-state index contributed by atoms with van der Waals surface area (Å²) in [6.07, 6.45) is 2.19. The van der Waals surface area contributed by atoms with Crippen LogP contribution in [0.2, 0.25) is 0 Å². The lowest BCUT2D eigenvalue weighted by molar-refractivity contribution is -0.128. The summed E-state index contributed by atoms with van der Waals surface area (Å²) in [6, 6.07) is 8.40. The average molecular weight is 545 g/mol. The van der Waals surface area contributed by atoms with Gasteiger partial charge in [-0.15, -0.1) is 24.0 Å². The van der Waals surface area contributed by atoms with Crippen LogP contribution in [-0.2, 0) is 9.53 Å². The smallest absolute Gasteiger partial charge is 0.244 e. The van der Waals surface area contributed by atoms with Crippen molar-refractivity contribution in [2.75, 3.05) is 66.1 Å². The molecule has 2 aliphatic rings. The Morgan fingerprint density at radius 1 is 1.13 bits per heavy atom. The molecule has 0 saturated carbocycles. The lowest BCUT2D eigenvalue weighted by Crippen LogP contribution is -2.46. The highest BCUT2D eigenvalue weighted by Crippen LogP contribution is 2.23. The van der Waals surface area contributed by atoms with Crippen molar-refractivity contribution in [2.24, 2.45) is 4.99 Å². The van der Waals surface area contributed by atoms with Crippen molar-refractivity contribution in [3.05, 3.63) is 29.8 Å². The summed E-state index contributed by atoms with van der Waals surface area (Å²) < 4.78 is 10.8. The van der Waals surface area contributed by atoms with E-state index in [1.54, 1.807) is 7.11 Å². The standard InChI is InChI=1S/C22H35N5O3.HI/c1-3-23-22(25-17-21(28)27-10-4-5-11-27)24-16-20(26-12-14-30-15-13-26)18-6-8-19(29-2)9-7-18;/h6-9,20H,3-5,10-17H2,1-2H3,(H2,23,24,25);1H. The lowest BCUT2D eigenvalue weighted by atomic mass is 10.0. The molecule has 1 unspecified atom stereocenters. The molecule has 0 radical (unpaired) electrons. The zero-order valence-corrected chi connectivity index (χ0v) is 21.0. The van der Waals surface area contributed by atoms with E-state index < -0.39 is 0 Å². The van der Waals surface area contributed by atoms with Crippen LogP contribution < -0.4 is 15.4 Å². The third kappa shape index (κ3) is 7.80. The maximum Gasteiger partial charge on any atom is 0.244 e. The Kier molecular flexibility index (Phi) is 11.4. The Labute approximate surface area is 202 Å². The van der Waals surface area contributed by atoms with E-state index in [-0.39, 0.29) is 42.5 Å². The first-order valence-electron chi connectivity index (χ1n) is 11.0. The molecule has 8 nitrogen and oxygen atoms in total. The van der Waals surface area contributed by atoms with Crippen molar-refractivity contribution < 1.29 is 14.3 Å². The first-order valence-corrected chi connectivity index (χ1v) is 11.0. The van der Waals surface area contributed by atoms with Gasteiger partial charge in [0.25, 0.3) is 0 Å². The van der Waals surface area contributed by atoms with Crippen LogP contribution in [0.15, 0.2) is 29.3 Å². The van der Waals surface area contributed by atoms with E-state index in [1.165, 1.54) is 5.56 Å². The number of methoxy groups -OCH3 is 1. The van der Waals surface area contributed by atoms with Crippen molar-refractivity contribution in [1.29, 1.82) is 0 Å². The molecule has 0 bridgehead atoms. The number of guanidine groups is 1. The highest BCUT2D eigenvalue weighted by atomic mass is 127. The highest BCUT2D eigenvalue weighted by molar-refractivity contribution is 14.0. The minimum Gasteiger partial charge on any atom is -0.497 e. The minimum absolute atomic E-state index is 0. The first-order chi connectivity index (χ1) is 14.7. The molecule has 1 amide bonds. The number of halogens is 1. The van der Waals surface area contributed by atoms with Gasteiger partial charge >= 0.3 is 0 Å². The molecular formula is C22H36IN5O3. The van der Waals surface area contributed by atoms with Gasteiger partial charge in [0.15, 0.2) is 5.96 Å². The molecular weight excluding hydrogens is 509 g/mol. The van der Waals surface area contributed by atoms with Crippen LogP contribution in [0.5, 0.6) is 5.75 Å². The second-order valence-corrected chi connectivity index (χ2v) is 7.60. The summed E-state index contributed by atoms with van der Waals surface area (Å²) >= 11 is 0. The van der Waals surface area contributed by atoms with Crippen molar-refractivity contribution in [3.63, 3.8) is 0 Å². The van der Waals surface area contributed by atoms with Gasteiger partial charge in [0.1, 0.15) is 12.3 Å². The third-order valence-corrected chi connectivity index (χ3v) is 5.63. The van der Waals surface area contributed by atoms with Gasteiger partial charge in [0, 0.05) is 39.3 Å². The number of aliphatic imine (C=N–C) groups is 1. The van der Waals surface area contributed by atoms with E-state index >= 15 is 0 Å². The number of likely N-dealkylation sites (tertiary alicyclic amines) is 1. The fourth-order valence-electron chi connectivity index (χ4n) is 3.92. The second-order valence-electron chi connectivity index (χ2n) is 7.60. The van der Waals surface area contributed by atoms with Crippen LogP contribution in [0.4, 0.5) is 0 Å². The quantitative estimate of drug-likeness (QED) is 0.295. The number of nitrogens with zero attached hydrogens (tertiary/aromatic N) is 3.